The summed E-state index contributed by atoms with van der Waals surface area (Å²) in [7, 11) is 1.39. The van der Waals surface area contributed by atoms with Crippen LogP contribution in [0.4, 0.5) is 5.69 Å². The Morgan fingerprint density at radius 3 is 2.95 bits per heavy atom. The first kappa shape index (κ1) is 14.4. The molecule has 0 radical (unpaired) electrons. The van der Waals surface area contributed by atoms with E-state index in [1.165, 1.54) is 7.11 Å². The van der Waals surface area contributed by atoms with E-state index in [0.717, 1.165) is 29.8 Å². The van der Waals surface area contributed by atoms with Crippen LogP contribution in [0.5, 0.6) is 5.75 Å². The summed E-state index contributed by atoms with van der Waals surface area (Å²) < 4.78 is 10.0. The summed E-state index contributed by atoms with van der Waals surface area (Å²) >= 11 is 0. The van der Waals surface area contributed by atoms with Gasteiger partial charge in [-0.3, -0.25) is 9.59 Å². The minimum atomic E-state index is -0.198. The minimum Gasteiger partial charge on any atom is -0.482 e. The van der Waals surface area contributed by atoms with Crippen molar-refractivity contribution in [3.05, 3.63) is 23.8 Å². The summed E-state index contributed by atoms with van der Waals surface area (Å²) in [5.74, 6) is 0.520. The van der Waals surface area contributed by atoms with Crippen molar-refractivity contribution in [1.29, 1.82) is 0 Å². The molecule has 2 rings (SSSR count). The standard InChI is InChI=1S/C15H19NO4/c1-3-16-12-9-11(5-4-6-15(18)19-2)7-8-13(12)20-10-14(16)17/h7-9H,3-6,10H2,1-2H3. The largest absolute Gasteiger partial charge is 0.482 e. The maximum Gasteiger partial charge on any atom is 0.305 e. The maximum atomic E-state index is 11.8. The summed E-state index contributed by atoms with van der Waals surface area (Å²) in [5.41, 5.74) is 1.91. The molecule has 0 spiro atoms. The molecule has 0 fully saturated rings. The fourth-order valence-corrected chi connectivity index (χ4v) is 2.29. The molecule has 1 heterocycles. The van der Waals surface area contributed by atoms with E-state index in [1.807, 2.05) is 25.1 Å². The van der Waals surface area contributed by atoms with Gasteiger partial charge in [0.15, 0.2) is 6.61 Å². The summed E-state index contributed by atoms with van der Waals surface area (Å²) in [5, 5.41) is 0. The molecule has 1 aromatic rings. The first-order valence-electron chi connectivity index (χ1n) is 6.78. The molecule has 0 N–H and O–H groups in total. The zero-order valence-corrected chi connectivity index (χ0v) is 11.8. The molecule has 1 aromatic carbocycles. The number of carbonyl (C=O) groups is 2. The van der Waals surface area contributed by atoms with E-state index >= 15 is 0 Å². The van der Waals surface area contributed by atoms with E-state index in [9.17, 15) is 9.59 Å². The van der Waals surface area contributed by atoms with Gasteiger partial charge in [0.25, 0.3) is 5.91 Å². The number of methoxy groups -OCH3 is 1. The third-order valence-corrected chi connectivity index (χ3v) is 3.36. The van der Waals surface area contributed by atoms with E-state index in [1.54, 1.807) is 4.90 Å². The van der Waals surface area contributed by atoms with Crippen LogP contribution < -0.4 is 9.64 Å². The molecule has 0 bridgehead atoms. The van der Waals surface area contributed by atoms with E-state index in [4.69, 9.17) is 4.74 Å². The van der Waals surface area contributed by atoms with Crippen molar-refractivity contribution in [3.8, 4) is 5.75 Å². The smallest absolute Gasteiger partial charge is 0.305 e. The highest BCUT2D eigenvalue weighted by Crippen LogP contribution is 2.33. The van der Waals surface area contributed by atoms with Crippen molar-refractivity contribution >= 4 is 17.6 Å². The van der Waals surface area contributed by atoms with Gasteiger partial charge in [-0.15, -0.1) is 0 Å². The highest BCUT2D eigenvalue weighted by atomic mass is 16.5. The zero-order chi connectivity index (χ0) is 14.5. The lowest BCUT2D eigenvalue weighted by Gasteiger charge is -2.28. The van der Waals surface area contributed by atoms with E-state index < -0.39 is 0 Å². The molecular formula is C15H19NO4. The molecule has 20 heavy (non-hydrogen) atoms. The number of rotatable bonds is 5. The van der Waals surface area contributed by atoms with Gasteiger partial charge in [-0.2, -0.15) is 0 Å². The molecule has 0 aliphatic carbocycles. The van der Waals surface area contributed by atoms with Crippen molar-refractivity contribution < 1.29 is 19.1 Å². The van der Waals surface area contributed by atoms with Gasteiger partial charge >= 0.3 is 5.97 Å². The number of hydrogen-bond donors (Lipinski definition) is 0. The molecule has 5 heteroatoms. The number of benzene rings is 1. The number of fused-ring (bicyclic) bond motifs is 1. The van der Waals surface area contributed by atoms with Gasteiger partial charge in [0.05, 0.1) is 12.8 Å². The molecule has 0 unspecified atom stereocenters. The van der Waals surface area contributed by atoms with Crippen molar-refractivity contribution in [3.63, 3.8) is 0 Å². The second-order valence-corrected chi connectivity index (χ2v) is 4.66. The number of ether oxygens (including phenoxy) is 2. The van der Waals surface area contributed by atoms with Crippen molar-refractivity contribution in [2.75, 3.05) is 25.2 Å². The Kier molecular flexibility index (Phi) is 4.61. The Morgan fingerprint density at radius 2 is 2.25 bits per heavy atom. The second-order valence-electron chi connectivity index (χ2n) is 4.66. The molecule has 1 amide bonds. The first-order chi connectivity index (χ1) is 9.65. The monoisotopic (exact) mass is 277 g/mol. The fraction of sp³-hybridized carbons (Fsp3) is 0.467. The number of carbonyl (C=O) groups excluding carboxylic acids is 2. The molecule has 0 saturated carbocycles. The first-order valence-corrected chi connectivity index (χ1v) is 6.78. The predicted molar refractivity (Wildman–Crippen MR) is 74.9 cm³/mol. The predicted octanol–water partition coefficient (Wildman–Crippen LogP) is 1.93. The van der Waals surface area contributed by atoms with Crippen molar-refractivity contribution in [2.24, 2.45) is 0 Å². The lowest BCUT2D eigenvalue weighted by Crippen LogP contribution is -2.38. The topological polar surface area (TPSA) is 55.8 Å². The average Bonchev–Trinajstić information content (AvgIpc) is 2.46. The van der Waals surface area contributed by atoms with Gasteiger partial charge in [0.2, 0.25) is 0 Å². The Morgan fingerprint density at radius 1 is 1.45 bits per heavy atom. The summed E-state index contributed by atoms with van der Waals surface area (Å²) in [6, 6.07) is 5.82. The Bertz CT molecular complexity index is 513. The molecule has 5 nitrogen and oxygen atoms in total. The van der Waals surface area contributed by atoms with Crippen molar-refractivity contribution in [1.82, 2.24) is 0 Å². The number of esters is 1. The van der Waals surface area contributed by atoms with Crippen LogP contribution in [0.1, 0.15) is 25.3 Å². The van der Waals surface area contributed by atoms with E-state index in [-0.39, 0.29) is 18.5 Å². The van der Waals surface area contributed by atoms with Crippen LogP contribution in [0.15, 0.2) is 18.2 Å². The van der Waals surface area contributed by atoms with Crippen LogP contribution in [0, 0.1) is 0 Å². The van der Waals surface area contributed by atoms with Gasteiger partial charge < -0.3 is 14.4 Å². The molecule has 0 atom stereocenters. The van der Waals surface area contributed by atoms with Crippen LogP contribution >= 0.6 is 0 Å². The van der Waals surface area contributed by atoms with Crippen LogP contribution in [-0.4, -0.2) is 32.1 Å². The lowest BCUT2D eigenvalue weighted by molar-refractivity contribution is -0.140. The number of likely N-dealkylation sites (N-methyl/N-ethyl adjacent to an activating group) is 1. The van der Waals surface area contributed by atoms with Gasteiger partial charge in [-0.1, -0.05) is 6.07 Å². The Labute approximate surface area is 118 Å². The highest BCUT2D eigenvalue weighted by Gasteiger charge is 2.24. The van der Waals surface area contributed by atoms with Crippen molar-refractivity contribution in [2.45, 2.75) is 26.2 Å². The molecule has 0 saturated heterocycles. The Balaban J connectivity index is 2.08. The zero-order valence-electron chi connectivity index (χ0n) is 11.8. The third kappa shape index (κ3) is 3.10. The van der Waals surface area contributed by atoms with Crippen LogP contribution in [0.3, 0.4) is 0 Å². The molecule has 1 aliphatic heterocycles. The molecular weight excluding hydrogens is 258 g/mol. The number of nitrogens with zero attached hydrogens (tertiary/aromatic N) is 1. The number of amides is 1. The van der Waals surface area contributed by atoms with Crippen LogP contribution in [0.25, 0.3) is 0 Å². The molecule has 0 aromatic heterocycles. The summed E-state index contributed by atoms with van der Waals surface area (Å²) in [6.07, 6.45) is 1.90. The van der Waals surface area contributed by atoms with Crippen LogP contribution in [0.2, 0.25) is 0 Å². The van der Waals surface area contributed by atoms with Gasteiger partial charge in [-0.05, 0) is 37.5 Å². The normalized spacial score (nSPS) is 13.7. The van der Waals surface area contributed by atoms with E-state index in [2.05, 4.69) is 4.74 Å². The van der Waals surface area contributed by atoms with Crippen LogP contribution in [-0.2, 0) is 20.7 Å². The van der Waals surface area contributed by atoms with Gasteiger partial charge in [-0.25, -0.2) is 0 Å². The fourth-order valence-electron chi connectivity index (χ4n) is 2.29. The van der Waals surface area contributed by atoms with Gasteiger partial charge in [0.1, 0.15) is 5.75 Å². The average molecular weight is 277 g/mol. The number of anilines is 1. The summed E-state index contributed by atoms with van der Waals surface area (Å²) in [4.78, 5) is 24.6. The lowest BCUT2D eigenvalue weighted by atomic mass is 10.1. The number of aryl methyl sites for hydroxylation is 1. The second kappa shape index (κ2) is 6.41. The van der Waals surface area contributed by atoms with E-state index in [0.29, 0.717) is 13.0 Å². The quantitative estimate of drug-likeness (QED) is 0.772. The van der Waals surface area contributed by atoms with Gasteiger partial charge in [0, 0.05) is 13.0 Å². The molecule has 108 valence electrons. The highest BCUT2D eigenvalue weighted by molar-refractivity contribution is 5.97. The minimum absolute atomic E-state index is 0.0216. The molecule has 1 aliphatic rings. The third-order valence-electron chi connectivity index (χ3n) is 3.36. The number of hydrogen-bond acceptors (Lipinski definition) is 4. The Hall–Kier alpha value is -2.04. The summed E-state index contributed by atoms with van der Waals surface area (Å²) in [6.45, 7) is 2.67. The maximum absolute atomic E-state index is 11.8. The SMILES string of the molecule is CCN1C(=O)COc2ccc(CCCC(=O)OC)cc21.